The van der Waals surface area contributed by atoms with Crippen LogP contribution in [0, 0.1) is 19.8 Å². The number of carbonyl (C=O) groups is 2. The molecule has 2 aromatic rings. The number of nitrogens with zero attached hydrogens (tertiary/aromatic N) is 1. The van der Waals surface area contributed by atoms with Gasteiger partial charge in [-0.1, -0.05) is 49.3 Å². The summed E-state index contributed by atoms with van der Waals surface area (Å²) in [5.41, 5.74) is 1.75. The molecule has 0 aliphatic rings. The van der Waals surface area contributed by atoms with Gasteiger partial charge in [-0.3, -0.25) is 4.79 Å². The lowest BCUT2D eigenvalue weighted by Gasteiger charge is -2.21. The molecule has 1 heterocycles. The van der Waals surface area contributed by atoms with E-state index in [1.165, 1.54) is 0 Å². The van der Waals surface area contributed by atoms with Gasteiger partial charge in [0.2, 0.25) is 0 Å². The van der Waals surface area contributed by atoms with Crippen molar-refractivity contribution in [3.05, 3.63) is 52.9 Å². The van der Waals surface area contributed by atoms with Crippen LogP contribution in [0.25, 0.3) is 0 Å². The number of esters is 1. The Kier molecular flexibility index (Phi) is 6.33. The fraction of sp³-hybridized carbons (Fsp3) is 0.421. The van der Waals surface area contributed by atoms with Crippen molar-refractivity contribution < 1.29 is 18.8 Å². The topological polar surface area (TPSA) is 81.4 Å². The molecule has 1 aromatic carbocycles. The molecule has 0 bridgehead atoms. The van der Waals surface area contributed by atoms with Crippen molar-refractivity contribution in [1.82, 2.24) is 10.5 Å². The van der Waals surface area contributed by atoms with Gasteiger partial charge in [0.25, 0.3) is 5.91 Å². The van der Waals surface area contributed by atoms with E-state index in [2.05, 4.69) is 24.3 Å². The predicted molar refractivity (Wildman–Crippen MR) is 93.0 cm³/mol. The van der Waals surface area contributed by atoms with Gasteiger partial charge < -0.3 is 14.6 Å². The second-order valence-electron chi connectivity index (χ2n) is 6.44. The van der Waals surface area contributed by atoms with E-state index < -0.39 is 5.97 Å². The first kappa shape index (κ1) is 18.7. The molecule has 1 atom stereocenters. The predicted octanol–water partition coefficient (Wildman–Crippen LogP) is 3.35. The van der Waals surface area contributed by atoms with Gasteiger partial charge in [0.15, 0.2) is 6.61 Å². The number of carbonyl (C=O) groups excluding carboxylic acids is 2. The summed E-state index contributed by atoms with van der Waals surface area (Å²) >= 11 is 0. The number of hydrogen-bond acceptors (Lipinski definition) is 5. The van der Waals surface area contributed by atoms with E-state index in [0.29, 0.717) is 17.4 Å². The molecule has 1 amide bonds. The van der Waals surface area contributed by atoms with E-state index >= 15 is 0 Å². The average molecular weight is 344 g/mol. The molecule has 0 fully saturated rings. The molecule has 1 aromatic heterocycles. The van der Waals surface area contributed by atoms with Gasteiger partial charge in [-0.15, -0.1) is 0 Å². The Labute approximate surface area is 147 Å². The van der Waals surface area contributed by atoms with Crippen LogP contribution in [0.15, 0.2) is 34.9 Å². The zero-order chi connectivity index (χ0) is 18.4. The number of ether oxygens (including phenoxy) is 1. The number of aromatic nitrogens is 1. The fourth-order valence-corrected chi connectivity index (χ4v) is 2.65. The van der Waals surface area contributed by atoms with Gasteiger partial charge >= 0.3 is 5.97 Å². The van der Waals surface area contributed by atoms with Crippen molar-refractivity contribution in [2.75, 3.05) is 6.61 Å². The van der Waals surface area contributed by atoms with Crippen LogP contribution in [0.3, 0.4) is 0 Å². The smallest absolute Gasteiger partial charge is 0.344 e. The minimum atomic E-state index is -0.605. The molecular formula is C19H24N2O4. The number of benzene rings is 1. The Hall–Kier alpha value is -2.63. The van der Waals surface area contributed by atoms with Gasteiger partial charge in [0.1, 0.15) is 11.3 Å². The quantitative estimate of drug-likeness (QED) is 0.779. The number of nitrogens with one attached hydrogen (secondary N) is 1. The van der Waals surface area contributed by atoms with E-state index in [1.54, 1.807) is 13.8 Å². The summed E-state index contributed by atoms with van der Waals surface area (Å²) < 4.78 is 10.0. The van der Waals surface area contributed by atoms with Crippen LogP contribution in [-0.2, 0) is 9.53 Å². The maximum Gasteiger partial charge on any atom is 0.344 e. The summed E-state index contributed by atoms with van der Waals surface area (Å²) in [5, 5.41) is 6.65. The second kappa shape index (κ2) is 8.46. The molecule has 0 aliphatic carbocycles. The Morgan fingerprint density at radius 1 is 1.20 bits per heavy atom. The molecule has 6 nitrogen and oxygen atoms in total. The maximum atomic E-state index is 12.2. The molecular weight excluding hydrogens is 320 g/mol. The molecule has 0 spiro atoms. The third-order valence-electron chi connectivity index (χ3n) is 3.82. The first-order chi connectivity index (χ1) is 11.9. The first-order valence-electron chi connectivity index (χ1n) is 8.32. The van der Waals surface area contributed by atoms with Gasteiger partial charge in [0, 0.05) is 0 Å². The van der Waals surface area contributed by atoms with Crippen LogP contribution < -0.4 is 5.32 Å². The van der Waals surface area contributed by atoms with Crippen LogP contribution in [0.1, 0.15) is 53.7 Å². The molecule has 25 heavy (non-hydrogen) atoms. The number of amides is 1. The fourth-order valence-electron chi connectivity index (χ4n) is 2.65. The SMILES string of the molecule is Cc1noc(C)c1C(=O)OCC(=O)N[C@H](CC(C)C)c1ccccc1. The molecule has 0 saturated heterocycles. The first-order valence-corrected chi connectivity index (χ1v) is 8.32. The van der Waals surface area contributed by atoms with Crippen molar-refractivity contribution in [3.63, 3.8) is 0 Å². The summed E-state index contributed by atoms with van der Waals surface area (Å²) in [6, 6.07) is 9.64. The van der Waals surface area contributed by atoms with E-state index in [9.17, 15) is 9.59 Å². The highest BCUT2D eigenvalue weighted by atomic mass is 16.5. The third-order valence-corrected chi connectivity index (χ3v) is 3.82. The average Bonchev–Trinajstić information content (AvgIpc) is 2.91. The molecule has 0 unspecified atom stereocenters. The zero-order valence-corrected chi connectivity index (χ0v) is 15.0. The number of hydrogen-bond donors (Lipinski definition) is 1. The van der Waals surface area contributed by atoms with Crippen LogP contribution in [0.4, 0.5) is 0 Å². The molecule has 0 saturated carbocycles. The van der Waals surface area contributed by atoms with Gasteiger partial charge in [-0.25, -0.2) is 4.79 Å². The Morgan fingerprint density at radius 3 is 2.44 bits per heavy atom. The molecule has 1 N–H and O–H groups in total. The molecule has 0 radical (unpaired) electrons. The molecule has 0 aliphatic heterocycles. The molecule has 134 valence electrons. The van der Waals surface area contributed by atoms with Crippen molar-refractivity contribution in [3.8, 4) is 0 Å². The monoisotopic (exact) mass is 344 g/mol. The van der Waals surface area contributed by atoms with Gasteiger partial charge in [-0.2, -0.15) is 0 Å². The number of aryl methyl sites for hydroxylation is 2. The van der Waals surface area contributed by atoms with Crippen molar-refractivity contribution in [2.45, 2.75) is 40.2 Å². The van der Waals surface area contributed by atoms with Crippen molar-refractivity contribution in [1.29, 1.82) is 0 Å². The summed E-state index contributed by atoms with van der Waals surface area (Å²) in [7, 11) is 0. The maximum absolute atomic E-state index is 12.2. The highest BCUT2D eigenvalue weighted by molar-refractivity contribution is 5.93. The molecule has 2 rings (SSSR count). The van der Waals surface area contributed by atoms with Crippen LogP contribution in [-0.4, -0.2) is 23.6 Å². The van der Waals surface area contributed by atoms with Crippen molar-refractivity contribution >= 4 is 11.9 Å². The second-order valence-corrected chi connectivity index (χ2v) is 6.44. The standard InChI is InChI=1S/C19H24N2O4/c1-12(2)10-16(15-8-6-5-7-9-15)20-17(22)11-24-19(23)18-13(3)21-25-14(18)4/h5-9,12,16H,10-11H2,1-4H3,(H,20,22)/t16-/m1/s1. The summed E-state index contributed by atoms with van der Waals surface area (Å²) in [4.78, 5) is 24.3. The van der Waals surface area contributed by atoms with Gasteiger partial charge in [-0.05, 0) is 31.7 Å². The van der Waals surface area contributed by atoms with Crippen molar-refractivity contribution in [2.24, 2.45) is 5.92 Å². The normalized spacial score (nSPS) is 12.0. The van der Waals surface area contributed by atoms with Gasteiger partial charge in [0.05, 0.1) is 11.7 Å². The highest BCUT2D eigenvalue weighted by Crippen LogP contribution is 2.21. The van der Waals surface area contributed by atoms with Crippen LogP contribution >= 0.6 is 0 Å². The zero-order valence-electron chi connectivity index (χ0n) is 15.0. The minimum absolute atomic E-state index is 0.119. The van der Waals surface area contributed by atoms with E-state index in [1.807, 2.05) is 30.3 Å². The highest BCUT2D eigenvalue weighted by Gasteiger charge is 2.21. The number of rotatable bonds is 7. The summed E-state index contributed by atoms with van der Waals surface area (Å²) in [5.74, 6) is -0.152. The van der Waals surface area contributed by atoms with E-state index in [4.69, 9.17) is 9.26 Å². The Bertz CT molecular complexity index is 703. The van der Waals surface area contributed by atoms with E-state index in [-0.39, 0.29) is 24.1 Å². The largest absolute Gasteiger partial charge is 0.452 e. The lowest BCUT2D eigenvalue weighted by Crippen LogP contribution is -2.33. The Morgan fingerprint density at radius 2 is 1.88 bits per heavy atom. The summed E-state index contributed by atoms with van der Waals surface area (Å²) in [6.07, 6.45) is 0.799. The molecule has 6 heteroatoms. The minimum Gasteiger partial charge on any atom is -0.452 e. The van der Waals surface area contributed by atoms with Crippen LogP contribution in [0.2, 0.25) is 0 Å². The lowest BCUT2D eigenvalue weighted by atomic mass is 9.97. The Balaban J connectivity index is 1.96. The third kappa shape index (κ3) is 5.17. The lowest BCUT2D eigenvalue weighted by molar-refractivity contribution is -0.125. The summed E-state index contributed by atoms with van der Waals surface area (Å²) in [6.45, 7) is 7.13. The van der Waals surface area contributed by atoms with E-state index in [0.717, 1.165) is 12.0 Å². The van der Waals surface area contributed by atoms with Crippen LogP contribution in [0.5, 0.6) is 0 Å².